The molecule has 1 aromatic carbocycles. The lowest BCUT2D eigenvalue weighted by Crippen LogP contribution is -2.50. The van der Waals surface area contributed by atoms with Gasteiger partial charge in [0.2, 0.25) is 0 Å². The Labute approximate surface area is 139 Å². The summed E-state index contributed by atoms with van der Waals surface area (Å²) in [6.45, 7) is 2.40. The molecule has 2 N–H and O–H groups in total. The third-order valence-electron chi connectivity index (χ3n) is 4.37. The topological polar surface area (TPSA) is 95.7 Å². The van der Waals surface area contributed by atoms with Crippen LogP contribution in [-0.4, -0.2) is 55.5 Å². The van der Waals surface area contributed by atoms with E-state index in [-0.39, 0.29) is 31.8 Å². The minimum atomic E-state index is -1.72. The van der Waals surface area contributed by atoms with Gasteiger partial charge in [-0.1, -0.05) is 0 Å². The van der Waals surface area contributed by atoms with Crippen molar-refractivity contribution in [1.29, 1.82) is 0 Å². The average molecular weight is 329 g/mol. The molecule has 0 unspecified atom stereocenters. The van der Waals surface area contributed by atoms with Crippen molar-refractivity contribution in [3.05, 3.63) is 47.8 Å². The van der Waals surface area contributed by atoms with Gasteiger partial charge in [0.25, 0.3) is 5.91 Å². The zero-order chi connectivity index (χ0) is 17.3. The smallest absolute Gasteiger partial charge is 0.335 e. The van der Waals surface area contributed by atoms with E-state index < -0.39 is 11.6 Å². The van der Waals surface area contributed by atoms with Gasteiger partial charge in [-0.25, -0.2) is 9.48 Å². The number of piperidine rings is 1. The molecule has 0 atom stereocenters. The van der Waals surface area contributed by atoms with E-state index in [1.165, 1.54) is 0 Å². The molecule has 1 saturated heterocycles. The molecular weight excluding hydrogens is 310 g/mol. The summed E-state index contributed by atoms with van der Waals surface area (Å²) < 4.78 is 1.73. The van der Waals surface area contributed by atoms with Crippen molar-refractivity contribution >= 4 is 11.9 Å². The van der Waals surface area contributed by atoms with Gasteiger partial charge in [0.05, 0.1) is 11.9 Å². The van der Waals surface area contributed by atoms with Crippen molar-refractivity contribution in [3.63, 3.8) is 0 Å². The normalized spacial score (nSPS) is 16.8. The van der Waals surface area contributed by atoms with Gasteiger partial charge < -0.3 is 15.1 Å². The summed E-state index contributed by atoms with van der Waals surface area (Å²) in [5.74, 6) is -1.39. The van der Waals surface area contributed by atoms with E-state index >= 15 is 0 Å². The Bertz CT molecular complexity index is 758. The minimum Gasteiger partial charge on any atom is -0.479 e. The summed E-state index contributed by atoms with van der Waals surface area (Å²) in [4.78, 5) is 25.1. The monoisotopic (exact) mass is 329 g/mol. The molecule has 1 amide bonds. The van der Waals surface area contributed by atoms with Crippen LogP contribution in [0, 0.1) is 6.92 Å². The molecule has 0 spiro atoms. The largest absolute Gasteiger partial charge is 0.479 e. The van der Waals surface area contributed by atoms with E-state index in [9.17, 15) is 14.7 Å². The fraction of sp³-hybridized carbons (Fsp3) is 0.353. The first kappa shape index (κ1) is 16.2. The van der Waals surface area contributed by atoms with Crippen molar-refractivity contribution < 1.29 is 19.8 Å². The third-order valence-corrected chi connectivity index (χ3v) is 4.37. The number of aliphatic hydroxyl groups is 1. The first-order valence-electron chi connectivity index (χ1n) is 7.76. The van der Waals surface area contributed by atoms with Gasteiger partial charge in [0.1, 0.15) is 0 Å². The predicted octanol–water partition coefficient (Wildman–Crippen LogP) is 1.23. The van der Waals surface area contributed by atoms with Gasteiger partial charge in [-0.05, 0) is 36.8 Å². The van der Waals surface area contributed by atoms with Crippen LogP contribution < -0.4 is 0 Å². The van der Waals surface area contributed by atoms with Crippen LogP contribution in [0.1, 0.15) is 28.8 Å². The summed E-state index contributed by atoms with van der Waals surface area (Å²) in [6, 6.07) is 7.09. The number of rotatable bonds is 3. The van der Waals surface area contributed by atoms with Crippen LogP contribution in [0.5, 0.6) is 0 Å². The van der Waals surface area contributed by atoms with E-state index in [0.717, 1.165) is 11.3 Å². The second-order valence-electron chi connectivity index (χ2n) is 6.14. The molecule has 0 aliphatic carbocycles. The highest BCUT2D eigenvalue weighted by Crippen LogP contribution is 2.24. The molecule has 0 radical (unpaired) electrons. The van der Waals surface area contributed by atoms with Crippen molar-refractivity contribution in [1.82, 2.24) is 14.7 Å². The Hall–Kier alpha value is -2.67. The lowest BCUT2D eigenvalue weighted by molar-refractivity contribution is -0.162. The number of hydrogen-bond acceptors (Lipinski definition) is 4. The highest BCUT2D eigenvalue weighted by atomic mass is 16.4. The average Bonchev–Trinajstić information content (AvgIpc) is 3.01. The number of hydrogen-bond donors (Lipinski definition) is 2. The van der Waals surface area contributed by atoms with Crippen LogP contribution in [0.3, 0.4) is 0 Å². The Balaban J connectivity index is 1.69. The molecule has 126 valence electrons. The number of amides is 1. The summed E-state index contributed by atoms with van der Waals surface area (Å²) in [7, 11) is 0. The molecule has 3 rings (SSSR count). The molecule has 7 heteroatoms. The quantitative estimate of drug-likeness (QED) is 0.883. The molecule has 1 fully saturated rings. The number of carboxylic acid groups (broad SMARTS) is 1. The van der Waals surface area contributed by atoms with E-state index in [1.807, 2.05) is 25.3 Å². The highest BCUT2D eigenvalue weighted by Gasteiger charge is 2.40. The second-order valence-corrected chi connectivity index (χ2v) is 6.14. The Kier molecular flexibility index (Phi) is 4.11. The maximum absolute atomic E-state index is 12.5. The van der Waals surface area contributed by atoms with Crippen LogP contribution in [-0.2, 0) is 4.79 Å². The number of nitrogens with zero attached hydrogens (tertiary/aromatic N) is 3. The van der Waals surface area contributed by atoms with Crippen LogP contribution in [0.4, 0.5) is 0 Å². The second kappa shape index (κ2) is 6.09. The van der Waals surface area contributed by atoms with Gasteiger partial charge in [-0.2, -0.15) is 5.10 Å². The van der Waals surface area contributed by atoms with Gasteiger partial charge >= 0.3 is 5.97 Å². The number of benzene rings is 1. The maximum Gasteiger partial charge on any atom is 0.335 e. The zero-order valence-corrected chi connectivity index (χ0v) is 13.3. The predicted molar refractivity (Wildman–Crippen MR) is 86.0 cm³/mol. The van der Waals surface area contributed by atoms with Gasteiger partial charge in [0.15, 0.2) is 5.60 Å². The minimum absolute atomic E-state index is 0.0404. The Morgan fingerprint density at radius 3 is 2.29 bits per heavy atom. The molecule has 1 aliphatic rings. The first-order valence-corrected chi connectivity index (χ1v) is 7.76. The number of aryl methyl sites for hydroxylation is 1. The lowest BCUT2D eigenvalue weighted by Gasteiger charge is -2.35. The fourth-order valence-corrected chi connectivity index (χ4v) is 2.79. The van der Waals surface area contributed by atoms with Crippen molar-refractivity contribution in [2.75, 3.05) is 13.1 Å². The lowest BCUT2D eigenvalue weighted by atomic mass is 9.91. The fourth-order valence-electron chi connectivity index (χ4n) is 2.79. The standard InChI is InChI=1S/C17H19N3O4/c1-12-10-18-20(11-12)14-4-2-13(3-5-14)15(21)19-8-6-17(24,7-9-19)16(22)23/h2-5,10-11,24H,6-9H2,1H3,(H,22,23). The van der Waals surface area contributed by atoms with Gasteiger partial charge in [-0.3, -0.25) is 4.79 Å². The van der Waals surface area contributed by atoms with Crippen molar-refractivity contribution in [2.24, 2.45) is 0 Å². The molecule has 0 bridgehead atoms. The van der Waals surface area contributed by atoms with Crippen LogP contribution in [0.2, 0.25) is 0 Å². The number of carboxylic acids is 1. The number of aliphatic carboxylic acids is 1. The summed E-state index contributed by atoms with van der Waals surface area (Å²) in [5, 5.41) is 23.2. The van der Waals surface area contributed by atoms with Crippen LogP contribution >= 0.6 is 0 Å². The van der Waals surface area contributed by atoms with Gasteiger partial charge in [-0.15, -0.1) is 0 Å². The third kappa shape index (κ3) is 3.03. The molecule has 0 saturated carbocycles. The van der Waals surface area contributed by atoms with E-state index in [1.54, 1.807) is 27.9 Å². The summed E-state index contributed by atoms with van der Waals surface area (Å²) in [6.07, 6.45) is 3.74. The number of carbonyl (C=O) groups excluding carboxylic acids is 1. The summed E-state index contributed by atoms with van der Waals surface area (Å²) >= 11 is 0. The number of carbonyl (C=O) groups is 2. The Morgan fingerprint density at radius 1 is 1.17 bits per heavy atom. The first-order chi connectivity index (χ1) is 11.4. The molecule has 1 aliphatic heterocycles. The molecule has 24 heavy (non-hydrogen) atoms. The number of likely N-dealkylation sites (tertiary alicyclic amines) is 1. The van der Waals surface area contributed by atoms with Crippen molar-refractivity contribution in [3.8, 4) is 5.69 Å². The van der Waals surface area contributed by atoms with Crippen molar-refractivity contribution in [2.45, 2.75) is 25.4 Å². The number of aromatic nitrogens is 2. The zero-order valence-electron chi connectivity index (χ0n) is 13.3. The van der Waals surface area contributed by atoms with Crippen LogP contribution in [0.15, 0.2) is 36.7 Å². The molecule has 2 aromatic rings. The molecule has 2 heterocycles. The molecule has 7 nitrogen and oxygen atoms in total. The van der Waals surface area contributed by atoms with E-state index in [0.29, 0.717) is 5.56 Å². The van der Waals surface area contributed by atoms with Gasteiger partial charge in [0, 0.05) is 37.7 Å². The maximum atomic E-state index is 12.5. The highest BCUT2D eigenvalue weighted by molar-refractivity contribution is 5.94. The Morgan fingerprint density at radius 2 is 1.79 bits per heavy atom. The van der Waals surface area contributed by atoms with Crippen LogP contribution in [0.25, 0.3) is 5.69 Å². The molecular formula is C17H19N3O4. The summed E-state index contributed by atoms with van der Waals surface area (Å²) in [5.41, 5.74) is 0.717. The van der Waals surface area contributed by atoms with E-state index in [4.69, 9.17) is 5.11 Å². The SMILES string of the molecule is Cc1cnn(-c2ccc(C(=O)N3CCC(O)(C(=O)O)CC3)cc2)c1. The van der Waals surface area contributed by atoms with E-state index in [2.05, 4.69) is 5.10 Å². The molecule has 1 aromatic heterocycles.